The topological polar surface area (TPSA) is 30.0 Å². The maximum Gasteiger partial charge on any atom is 0.181 e. The summed E-state index contributed by atoms with van der Waals surface area (Å²) in [4.78, 5) is 15.4. The number of hydrogen-bond acceptors (Lipinski definition) is 2. The molecule has 0 atom stereocenters. The number of Topliss-reactive ketones (excluding diaryl/α,β-unsaturated/α-hetero) is 1. The molecule has 1 aromatic rings. The van der Waals surface area contributed by atoms with Crippen molar-refractivity contribution in [1.82, 2.24) is 4.98 Å². The molecule has 0 radical (unpaired) electrons. The lowest BCUT2D eigenvalue weighted by molar-refractivity contribution is 0.0983. The van der Waals surface area contributed by atoms with Crippen LogP contribution in [0.3, 0.4) is 0 Å². The summed E-state index contributed by atoms with van der Waals surface area (Å²) in [5.41, 5.74) is 2.69. The molecule has 0 amide bonds. The minimum Gasteiger partial charge on any atom is -0.292 e. The maximum absolute atomic E-state index is 11.3. The number of rotatable bonds is 2. The van der Waals surface area contributed by atoms with Gasteiger partial charge in [0.05, 0.1) is 0 Å². The van der Waals surface area contributed by atoms with E-state index in [9.17, 15) is 4.79 Å². The third-order valence-corrected chi connectivity index (χ3v) is 1.80. The lowest BCUT2D eigenvalue weighted by Crippen LogP contribution is -2.03. The van der Waals surface area contributed by atoms with Gasteiger partial charge in [0.1, 0.15) is 5.69 Å². The van der Waals surface area contributed by atoms with E-state index in [1.165, 1.54) is 0 Å². The molecule has 0 N–H and O–H groups in total. The number of carbonyl (C=O) groups is 1. The van der Waals surface area contributed by atoms with Crippen molar-refractivity contribution in [1.29, 1.82) is 0 Å². The van der Waals surface area contributed by atoms with E-state index < -0.39 is 0 Å². The van der Waals surface area contributed by atoms with Crippen molar-refractivity contribution in [2.45, 2.75) is 27.2 Å². The Kier molecular flexibility index (Phi) is 2.58. The lowest BCUT2D eigenvalue weighted by atomic mass is 10.1. The van der Waals surface area contributed by atoms with Crippen LogP contribution in [0.4, 0.5) is 0 Å². The summed E-state index contributed by atoms with van der Waals surface area (Å²) < 4.78 is 0. The van der Waals surface area contributed by atoms with Crippen molar-refractivity contribution < 1.29 is 4.79 Å². The van der Waals surface area contributed by atoms with Crippen LogP contribution in [-0.4, -0.2) is 10.8 Å². The molecule has 0 unspecified atom stereocenters. The summed E-state index contributed by atoms with van der Waals surface area (Å²) in [6.07, 6.45) is 2.26. The van der Waals surface area contributed by atoms with Gasteiger partial charge in [0.25, 0.3) is 0 Å². The molecule has 1 heterocycles. The normalized spacial score (nSPS) is 9.92. The Hall–Kier alpha value is -1.18. The maximum atomic E-state index is 11.3. The van der Waals surface area contributed by atoms with E-state index in [4.69, 9.17) is 0 Å². The van der Waals surface area contributed by atoms with Gasteiger partial charge in [-0.3, -0.25) is 9.78 Å². The van der Waals surface area contributed by atoms with Crippen molar-refractivity contribution in [3.63, 3.8) is 0 Å². The molecule has 0 saturated heterocycles. The SMILES string of the molecule is CCC(=O)c1ncc(C)cc1C. The average Bonchev–Trinajstić information content (AvgIpc) is 2.03. The second-order valence-electron chi connectivity index (χ2n) is 2.95. The van der Waals surface area contributed by atoms with Crippen molar-refractivity contribution in [3.8, 4) is 0 Å². The second-order valence-corrected chi connectivity index (χ2v) is 2.95. The van der Waals surface area contributed by atoms with Crippen LogP contribution in [0.5, 0.6) is 0 Å². The van der Waals surface area contributed by atoms with Crippen LogP contribution < -0.4 is 0 Å². The van der Waals surface area contributed by atoms with Gasteiger partial charge in [-0.25, -0.2) is 0 Å². The first-order valence-corrected chi connectivity index (χ1v) is 4.11. The van der Waals surface area contributed by atoms with E-state index in [2.05, 4.69) is 4.98 Å². The quantitative estimate of drug-likeness (QED) is 0.626. The van der Waals surface area contributed by atoms with Crippen LogP contribution >= 0.6 is 0 Å². The predicted octanol–water partition coefficient (Wildman–Crippen LogP) is 2.29. The van der Waals surface area contributed by atoms with Crippen LogP contribution in [0.15, 0.2) is 12.3 Å². The zero-order valence-electron chi connectivity index (χ0n) is 7.72. The second kappa shape index (κ2) is 3.48. The number of aromatic nitrogens is 1. The van der Waals surface area contributed by atoms with Gasteiger partial charge in [-0.2, -0.15) is 0 Å². The molecular formula is C10H13NO. The van der Waals surface area contributed by atoms with E-state index >= 15 is 0 Å². The molecule has 0 aliphatic carbocycles. The summed E-state index contributed by atoms with van der Waals surface area (Å²) in [6, 6.07) is 1.98. The minimum absolute atomic E-state index is 0.118. The summed E-state index contributed by atoms with van der Waals surface area (Å²) in [7, 11) is 0. The smallest absolute Gasteiger partial charge is 0.181 e. The van der Waals surface area contributed by atoms with E-state index in [1.807, 2.05) is 26.8 Å². The predicted molar refractivity (Wildman–Crippen MR) is 48.3 cm³/mol. The molecule has 0 saturated carbocycles. The fourth-order valence-corrected chi connectivity index (χ4v) is 1.17. The van der Waals surface area contributed by atoms with E-state index in [0.29, 0.717) is 12.1 Å². The fraction of sp³-hybridized carbons (Fsp3) is 0.400. The highest BCUT2D eigenvalue weighted by Crippen LogP contribution is 2.08. The summed E-state index contributed by atoms with van der Waals surface area (Å²) in [6.45, 7) is 5.74. The standard InChI is InChI=1S/C10H13NO/c1-4-9(12)10-8(3)5-7(2)6-11-10/h5-6H,4H2,1-3H3. The van der Waals surface area contributed by atoms with Gasteiger partial charge in [0.15, 0.2) is 5.78 Å². The Balaban J connectivity index is 3.09. The Bertz CT molecular complexity index is 305. The Morgan fingerprint density at radius 3 is 2.67 bits per heavy atom. The molecule has 0 aliphatic rings. The third kappa shape index (κ3) is 1.70. The number of pyridine rings is 1. The molecule has 64 valence electrons. The summed E-state index contributed by atoms with van der Waals surface area (Å²) >= 11 is 0. The first-order valence-electron chi connectivity index (χ1n) is 4.11. The zero-order valence-corrected chi connectivity index (χ0v) is 7.72. The van der Waals surface area contributed by atoms with Crippen LogP contribution in [0.25, 0.3) is 0 Å². The van der Waals surface area contributed by atoms with Gasteiger partial charge in [-0.1, -0.05) is 13.0 Å². The van der Waals surface area contributed by atoms with Gasteiger partial charge in [-0.05, 0) is 25.0 Å². The average molecular weight is 163 g/mol. The Labute approximate surface area is 72.6 Å². The summed E-state index contributed by atoms with van der Waals surface area (Å²) in [5, 5.41) is 0. The molecule has 0 aliphatic heterocycles. The molecule has 0 bridgehead atoms. The number of carbonyl (C=O) groups excluding carboxylic acids is 1. The monoisotopic (exact) mass is 163 g/mol. The van der Waals surface area contributed by atoms with Crippen LogP contribution in [0.1, 0.15) is 35.0 Å². The van der Waals surface area contributed by atoms with Crippen molar-refractivity contribution >= 4 is 5.78 Å². The van der Waals surface area contributed by atoms with Gasteiger partial charge in [0.2, 0.25) is 0 Å². The van der Waals surface area contributed by atoms with Crippen LogP contribution in [0, 0.1) is 13.8 Å². The Morgan fingerprint density at radius 2 is 2.17 bits per heavy atom. The number of nitrogens with zero attached hydrogens (tertiary/aromatic N) is 1. The molecule has 0 spiro atoms. The molecule has 2 heteroatoms. The van der Waals surface area contributed by atoms with Gasteiger partial charge >= 0.3 is 0 Å². The fourth-order valence-electron chi connectivity index (χ4n) is 1.17. The van der Waals surface area contributed by atoms with Crippen molar-refractivity contribution in [2.24, 2.45) is 0 Å². The van der Waals surface area contributed by atoms with Crippen LogP contribution in [0.2, 0.25) is 0 Å². The summed E-state index contributed by atoms with van der Waals surface area (Å²) in [5.74, 6) is 0.118. The lowest BCUT2D eigenvalue weighted by Gasteiger charge is -2.02. The first kappa shape index (κ1) is 8.91. The van der Waals surface area contributed by atoms with Gasteiger partial charge in [-0.15, -0.1) is 0 Å². The van der Waals surface area contributed by atoms with Crippen molar-refractivity contribution in [3.05, 3.63) is 29.1 Å². The highest BCUT2D eigenvalue weighted by molar-refractivity contribution is 5.95. The Morgan fingerprint density at radius 1 is 1.50 bits per heavy atom. The van der Waals surface area contributed by atoms with Gasteiger partial charge < -0.3 is 0 Å². The third-order valence-electron chi connectivity index (χ3n) is 1.80. The number of ketones is 1. The molecule has 0 fully saturated rings. The molecule has 1 aromatic heterocycles. The number of hydrogen-bond donors (Lipinski definition) is 0. The van der Waals surface area contributed by atoms with E-state index in [-0.39, 0.29) is 5.78 Å². The largest absolute Gasteiger partial charge is 0.292 e. The number of aryl methyl sites for hydroxylation is 2. The molecular weight excluding hydrogens is 150 g/mol. The zero-order chi connectivity index (χ0) is 9.14. The van der Waals surface area contributed by atoms with Crippen LogP contribution in [-0.2, 0) is 0 Å². The highest BCUT2D eigenvalue weighted by Gasteiger charge is 2.07. The minimum atomic E-state index is 0.118. The van der Waals surface area contributed by atoms with Gasteiger partial charge in [0, 0.05) is 12.6 Å². The molecule has 0 aromatic carbocycles. The first-order chi connectivity index (χ1) is 5.65. The molecule has 2 nitrogen and oxygen atoms in total. The molecule has 1 rings (SSSR count). The van der Waals surface area contributed by atoms with E-state index in [0.717, 1.165) is 11.1 Å². The molecule has 12 heavy (non-hydrogen) atoms. The van der Waals surface area contributed by atoms with Crippen molar-refractivity contribution in [2.75, 3.05) is 0 Å². The highest BCUT2D eigenvalue weighted by atomic mass is 16.1. The van der Waals surface area contributed by atoms with E-state index in [1.54, 1.807) is 6.20 Å².